The van der Waals surface area contributed by atoms with Crippen LogP contribution >= 0.6 is 0 Å². The van der Waals surface area contributed by atoms with Gasteiger partial charge in [-0.2, -0.15) is 5.10 Å². The average Bonchev–Trinajstić information content (AvgIpc) is 2.71. The zero-order valence-corrected chi connectivity index (χ0v) is 9.37. The largest absolute Gasteiger partial charge is 0.329 e. The molecule has 1 atom stereocenters. The number of nitrogens with two attached hydrogens (primary N) is 1. The van der Waals surface area contributed by atoms with E-state index in [1.54, 1.807) is 0 Å². The van der Waals surface area contributed by atoms with E-state index in [9.17, 15) is 8.78 Å². The molecule has 1 unspecified atom stereocenters. The van der Waals surface area contributed by atoms with Gasteiger partial charge in [-0.1, -0.05) is 6.07 Å². The Morgan fingerprint density at radius 1 is 1.29 bits per heavy atom. The smallest absolute Gasteiger partial charge is 0.159 e. The molecule has 1 aromatic heterocycles. The molecule has 2 aromatic rings. The van der Waals surface area contributed by atoms with E-state index in [2.05, 4.69) is 10.2 Å². The van der Waals surface area contributed by atoms with Gasteiger partial charge in [0.1, 0.15) is 0 Å². The van der Waals surface area contributed by atoms with Gasteiger partial charge in [0.05, 0.1) is 5.69 Å². The summed E-state index contributed by atoms with van der Waals surface area (Å²) in [6.07, 6.45) is 0. The van der Waals surface area contributed by atoms with Crippen molar-refractivity contribution in [3.05, 3.63) is 52.9 Å². The lowest BCUT2D eigenvalue weighted by atomic mass is 9.95. The van der Waals surface area contributed by atoms with Crippen LogP contribution in [0.2, 0.25) is 0 Å². The molecule has 0 radical (unpaired) electrons. The zero-order valence-electron chi connectivity index (χ0n) is 9.37. The van der Waals surface area contributed by atoms with Gasteiger partial charge in [-0.15, -0.1) is 0 Å². The predicted molar refractivity (Wildman–Crippen MR) is 60.6 cm³/mol. The van der Waals surface area contributed by atoms with Crippen LogP contribution in [0.5, 0.6) is 0 Å². The van der Waals surface area contributed by atoms with Crippen LogP contribution in [0.15, 0.2) is 24.3 Å². The van der Waals surface area contributed by atoms with E-state index in [0.29, 0.717) is 5.56 Å². The average molecular weight is 237 g/mol. The lowest BCUT2D eigenvalue weighted by Crippen LogP contribution is -2.14. The Labute approximate surface area is 97.7 Å². The Kier molecular flexibility index (Phi) is 3.19. The molecule has 0 aliphatic carbocycles. The van der Waals surface area contributed by atoms with Gasteiger partial charge in [0, 0.05) is 18.2 Å². The fourth-order valence-corrected chi connectivity index (χ4v) is 1.77. The van der Waals surface area contributed by atoms with Gasteiger partial charge in [0.25, 0.3) is 0 Å². The number of aromatic amines is 1. The second-order valence-corrected chi connectivity index (χ2v) is 3.94. The van der Waals surface area contributed by atoms with Gasteiger partial charge < -0.3 is 5.73 Å². The number of nitrogens with one attached hydrogen (secondary N) is 1. The standard InChI is InChI=1S/C12H13F2N3/c1-7-4-12(17-16-7)9(6-15)8-2-3-10(13)11(14)5-8/h2-5,9H,6,15H2,1H3,(H,16,17). The molecular weight excluding hydrogens is 224 g/mol. The molecule has 3 nitrogen and oxygen atoms in total. The number of nitrogens with zero attached hydrogens (tertiary/aromatic N) is 1. The van der Waals surface area contributed by atoms with Crippen molar-refractivity contribution >= 4 is 0 Å². The first kappa shape index (κ1) is 11.7. The SMILES string of the molecule is Cc1cc(C(CN)c2ccc(F)c(F)c2)n[nH]1. The summed E-state index contributed by atoms with van der Waals surface area (Å²) in [5, 5.41) is 6.90. The molecule has 0 saturated carbocycles. The van der Waals surface area contributed by atoms with Gasteiger partial charge in [0.15, 0.2) is 11.6 Å². The third-order valence-electron chi connectivity index (χ3n) is 2.66. The van der Waals surface area contributed by atoms with Gasteiger partial charge in [-0.05, 0) is 30.7 Å². The van der Waals surface area contributed by atoms with Gasteiger partial charge in [-0.3, -0.25) is 5.10 Å². The minimum Gasteiger partial charge on any atom is -0.329 e. The van der Waals surface area contributed by atoms with Crippen LogP contribution in [0.3, 0.4) is 0 Å². The molecule has 0 aliphatic rings. The Bertz CT molecular complexity index is 522. The highest BCUT2D eigenvalue weighted by Gasteiger charge is 2.17. The van der Waals surface area contributed by atoms with Crippen LogP contribution in [0.4, 0.5) is 8.78 Å². The van der Waals surface area contributed by atoms with E-state index in [4.69, 9.17) is 5.73 Å². The highest BCUT2D eigenvalue weighted by molar-refractivity contribution is 5.30. The molecule has 1 heterocycles. The van der Waals surface area contributed by atoms with Crippen LogP contribution in [0.1, 0.15) is 22.9 Å². The molecule has 2 rings (SSSR count). The second kappa shape index (κ2) is 4.63. The van der Waals surface area contributed by atoms with Gasteiger partial charge in [0.2, 0.25) is 0 Å². The monoisotopic (exact) mass is 237 g/mol. The number of hydrogen-bond acceptors (Lipinski definition) is 2. The molecule has 0 aliphatic heterocycles. The normalized spacial score (nSPS) is 12.7. The first-order chi connectivity index (χ1) is 8.11. The number of rotatable bonds is 3. The Morgan fingerprint density at radius 2 is 2.06 bits per heavy atom. The summed E-state index contributed by atoms with van der Waals surface area (Å²) in [6.45, 7) is 2.16. The van der Waals surface area contributed by atoms with E-state index in [0.717, 1.165) is 23.5 Å². The van der Waals surface area contributed by atoms with Crippen molar-refractivity contribution in [3.8, 4) is 0 Å². The predicted octanol–water partition coefficient (Wildman–Crippen LogP) is 2.09. The van der Waals surface area contributed by atoms with Crippen LogP contribution in [-0.4, -0.2) is 16.7 Å². The number of aryl methyl sites for hydroxylation is 1. The number of benzene rings is 1. The third-order valence-corrected chi connectivity index (χ3v) is 2.66. The number of aromatic nitrogens is 2. The lowest BCUT2D eigenvalue weighted by Gasteiger charge is -2.12. The summed E-state index contributed by atoms with van der Waals surface area (Å²) in [7, 11) is 0. The number of halogens is 2. The second-order valence-electron chi connectivity index (χ2n) is 3.94. The van der Waals surface area contributed by atoms with Crippen molar-refractivity contribution in [1.82, 2.24) is 10.2 Å². The molecule has 0 fully saturated rings. The lowest BCUT2D eigenvalue weighted by molar-refractivity contribution is 0.506. The topological polar surface area (TPSA) is 54.7 Å². The fourth-order valence-electron chi connectivity index (χ4n) is 1.77. The van der Waals surface area contributed by atoms with Gasteiger partial charge in [-0.25, -0.2) is 8.78 Å². The Morgan fingerprint density at radius 3 is 2.59 bits per heavy atom. The maximum Gasteiger partial charge on any atom is 0.159 e. The molecule has 90 valence electrons. The Hall–Kier alpha value is -1.75. The van der Waals surface area contributed by atoms with Crippen molar-refractivity contribution in [3.63, 3.8) is 0 Å². The van der Waals surface area contributed by atoms with E-state index in [-0.39, 0.29) is 12.5 Å². The van der Waals surface area contributed by atoms with E-state index >= 15 is 0 Å². The van der Waals surface area contributed by atoms with Crippen LogP contribution in [0, 0.1) is 18.6 Å². The molecular formula is C12H13F2N3. The summed E-state index contributed by atoms with van der Waals surface area (Å²) < 4.78 is 26.0. The number of hydrogen-bond donors (Lipinski definition) is 2. The molecule has 0 spiro atoms. The van der Waals surface area contributed by atoms with Crippen molar-refractivity contribution in [1.29, 1.82) is 0 Å². The first-order valence-electron chi connectivity index (χ1n) is 5.28. The van der Waals surface area contributed by atoms with Crippen molar-refractivity contribution in [2.75, 3.05) is 6.54 Å². The summed E-state index contributed by atoms with van der Waals surface area (Å²) in [4.78, 5) is 0. The highest BCUT2D eigenvalue weighted by atomic mass is 19.2. The highest BCUT2D eigenvalue weighted by Crippen LogP contribution is 2.23. The van der Waals surface area contributed by atoms with Crippen molar-refractivity contribution in [2.24, 2.45) is 5.73 Å². The summed E-state index contributed by atoms with van der Waals surface area (Å²) in [5.41, 5.74) is 7.92. The van der Waals surface area contributed by atoms with Crippen molar-refractivity contribution in [2.45, 2.75) is 12.8 Å². The maximum atomic E-state index is 13.2. The maximum absolute atomic E-state index is 13.2. The molecule has 3 N–H and O–H groups in total. The van der Waals surface area contributed by atoms with E-state index < -0.39 is 11.6 Å². The molecule has 0 bridgehead atoms. The molecule has 0 saturated heterocycles. The third kappa shape index (κ3) is 2.34. The summed E-state index contributed by atoms with van der Waals surface area (Å²) in [6, 6.07) is 5.64. The van der Waals surface area contributed by atoms with E-state index in [1.807, 2.05) is 13.0 Å². The molecule has 1 aromatic carbocycles. The first-order valence-corrected chi connectivity index (χ1v) is 5.28. The van der Waals surface area contributed by atoms with Crippen LogP contribution < -0.4 is 5.73 Å². The van der Waals surface area contributed by atoms with Crippen LogP contribution in [0.25, 0.3) is 0 Å². The summed E-state index contributed by atoms with van der Waals surface area (Å²) in [5.74, 6) is -1.95. The molecule has 17 heavy (non-hydrogen) atoms. The zero-order chi connectivity index (χ0) is 12.4. The minimum absolute atomic E-state index is 0.227. The fraction of sp³-hybridized carbons (Fsp3) is 0.250. The quantitative estimate of drug-likeness (QED) is 0.858. The van der Waals surface area contributed by atoms with E-state index in [1.165, 1.54) is 6.07 Å². The Balaban J connectivity index is 2.38. The summed E-state index contributed by atoms with van der Waals surface area (Å²) >= 11 is 0. The molecule has 0 amide bonds. The van der Waals surface area contributed by atoms with Gasteiger partial charge >= 0.3 is 0 Å². The van der Waals surface area contributed by atoms with Crippen molar-refractivity contribution < 1.29 is 8.78 Å². The van der Waals surface area contributed by atoms with Crippen LogP contribution in [-0.2, 0) is 0 Å². The molecule has 5 heteroatoms. The number of H-pyrrole nitrogens is 1. The minimum atomic E-state index is -0.867.